The smallest absolute Gasteiger partial charge is 0.160 e. The molecule has 1 aliphatic rings. The third kappa shape index (κ3) is 2.35. The molecule has 0 spiro atoms. The molecule has 0 bridgehead atoms. The Bertz CT molecular complexity index is 739. The normalized spacial score (nSPS) is 14.5. The lowest BCUT2D eigenvalue weighted by molar-refractivity contribution is 0.530. The molecule has 106 valence electrons. The van der Waals surface area contributed by atoms with Gasteiger partial charge in [-0.25, -0.2) is 9.97 Å². The van der Waals surface area contributed by atoms with Gasteiger partial charge >= 0.3 is 0 Å². The van der Waals surface area contributed by atoms with Gasteiger partial charge in [-0.1, -0.05) is 24.3 Å². The summed E-state index contributed by atoms with van der Waals surface area (Å²) in [5.41, 5.74) is 3.81. The topological polar surface area (TPSA) is 66.5 Å². The third-order valence-corrected chi connectivity index (χ3v) is 4.23. The summed E-state index contributed by atoms with van der Waals surface area (Å²) in [6.45, 7) is 0.927. The van der Waals surface area contributed by atoms with Gasteiger partial charge in [-0.3, -0.25) is 5.10 Å². The maximum absolute atomic E-state index is 4.30. The molecule has 0 fully saturated rings. The number of aromatic amines is 1. The highest BCUT2D eigenvalue weighted by atomic mass is 15.2. The molecule has 0 unspecified atom stereocenters. The highest BCUT2D eigenvalue weighted by molar-refractivity contribution is 5.85. The van der Waals surface area contributed by atoms with Crippen LogP contribution in [0.3, 0.4) is 0 Å². The molecule has 0 saturated carbocycles. The van der Waals surface area contributed by atoms with Crippen LogP contribution in [0.25, 0.3) is 11.0 Å². The Hall–Kier alpha value is -2.43. The van der Waals surface area contributed by atoms with Crippen LogP contribution in [0.15, 0.2) is 36.8 Å². The summed E-state index contributed by atoms with van der Waals surface area (Å²) in [7, 11) is 0. The van der Waals surface area contributed by atoms with Gasteiger partial charge in [-0.05, 0) is 36.3 Å². The Labute approximate surface area is 122 Å². The number of rotatable bonds is 4. The minimum absolute atomic E-state index is 0.733. The highest BCUT2D eigenvalue weighted by Crippen LogP contribution is 2.28. The van der Waals surface area contributed by atoms with Gasteiger partial charge in [0, 0.05) is 6.54 Å². The number of anilines is 1. The van der Waals surface area contributed by atoms with Crippen molar-refractivity contribution in [1.29, 1.82) is 0 Å². The first-order valence-corrected chi connectivity index (χ1v) is 7.35. The molecular formula is C16H17N5. The van der Waals surface area contributed by atoms with E-state index < -0.39 is 0 Å². The van der Waals surface area contributed by atoms with Crippen molar-refractivity contribution in [3.05, 3.63) is 47.9 Å². The van der Waals surface area contributed by atoms with E-state index in [4.69, 9.17) is 0 Å². The summed E-state index contributed by atoms with van der Waals surface area (Å²) in [4.78, 5) is 8.45. The second-order valence-electron chi connectivity index (χ2n) is 5.61. The Morgan fingerprint density at radius 2 is 1.95 bits per heavy atom. The first-order valence-electron chi connectivity index (χ1n) is 7.35. The first-order chi connectivity index (χ1) is 10.4. The molecule has 0 aliphatic heterocycles. The Morgan fingerprint density at radius 1 is 1.14 bits per heavy atom. The Morgan fingerprint density at radius 3 is 2.76 bits per heavy atom. The third-order valence-electron chi connectivity index (χ3n) is 4.23. The average Bonchev–Trinajstić information content (AvgIpc) is 3.13. The molecule has 2 aromatic heterocycles. The van der Waals surface area contributed by atoms with Gasteiger partial charge in [0.25, 0.3) is 0 Å². The summed E-state index contributed by atoms with van der Waals surface area (Å²) in [5, 5.41) is 11.2. The van der Waals surface area contributed by atoms with E-state index in [2.05, 4.69) is 49.7 Å². The number of hydrogen-bond acceptors (Lipinski definition) is 4. The second-order valence-corrected chi connectivity index (χ2v) is 5.61. The summed E-state index contributed by atoms with van der Waals surface area (Å²) < 4.78 is 0. The molecule has 2 N–H and O–H groups in total. The van der Waals surface area contributed by atoms with Gasteiger partial charge in [0.15, 0.2) is 5.65 Å². The summed E-state index contributed by atoms with van der Waals surface area (Å²) in [6, 6.07) is 8.77. The van der Waals surface area contributed by atoms with Crippen molar-refractivity contribution in [2.24, 2.45) is 5.92 Å². The van der Waals surface area contributed by atoms with E-state index in [1.54, 1.807) is 12.5 Å². The number of nitrogens with zero attached hydrogens (tertiary/aromatic N) is 3. The number of nitrogens with one attached hydrogen (secondary N) is 2. The molecule has 1 aliphatic carbocycles. The fraction of sp³-hybridized carbons (Fsp3) is 0.312. The molecule has 5 nitrogen and oxygen atoms in total. The first kappa shape index (κ1) is 12.3. The van der Waals surface area contributed by atoms with Crippen molar-refractivity contribution in [3.8, 4) is 0 Å². The van der Waals surface area contributed by atoms with E-state index in [9.17, 15) is 0 Å². The van der Waals surface area contributed by atoms with Crippen LogP contribution in [0.2, 0.25) is 0 Å². The predicted octanol–water partition coefficient (Wildman–Crippen LogP) is 2.57. The largest absolute Gasteiger partial charge is 0.369 e. The molecule has 0 atom stereocenters. The molecule has 5 heteroatoms. The number of H-pyrrole nitrogens is 1. The van der Waals surface area contributed by atoms with Gasteiger partial charge in [0.2, 0.25) is 0 Å². The zero-order chi connectivity index (χ0) is 14.1. The number of fused-ring (bicyclic) bond motifs is 2. The summed E-state index contributed by atoms with van der Waals surface area (Å²) in [5.74, 6) is 1.60. The van der Waals surface area contributed by atoms with Gasteiger partial charge < -0.3 is 5.32 Å². The molecule has 0 amide bonds. The molecule has 1 aromatic carbocycles. The maximum atomic E-state index is 4.30. The van der Waals surface area contributed by atoms with Crippen LogP contribution in [0, 0.1) is 5.92 Å². The van der Waals surface area contributed by atoms with E-state index in [0.29, 0.717) is 0 Å². The maximum Gasteiger partial charge on any atom is 0.160 e. The lowest BCUT2D eigenvalue weighted by Crippen LogP contribution is -2.10. The number of hydrogen-bond donors (Lipinski definition) is 2. The van der Waals surface area contributed by atoms with Crippen LogP contribution >= 0.6 is 0 Å². The standard InChI is InChI=1S/C16H17N5/c1-2-4-13-8-11(7-12(13)3-1)5-6-17-15-14-9-20-21-16(14)19-10-18-15/h1-4,9-11H,5-8H2,(H2,17,18,19,20,21). The monoisotopic (exact) mass is 279 g/mol. The van der Waals surface area contributed by atoms with Crippen LogP contribution in [0.5, 0.6) is 0 Å². The molecule has 2 heterocycles. The van der Waals surface area contributed by atoms with Gasteiger partial charge in [0.1, 0.15) is 12.1 Å². The van der Waals surface area contributed by atoms with E-state index in [1.165, 1.54) is 24.0 Å². The van der Waals surface area contributed by atoms with Crippen LogP contribution < -0.4 is 5.32 Å². The number of benzene rings is 1. The quantitative estimate of drug-likeness (QED) is 0.770. The van der Waals surface area contributed by atoms with Crippen molar-refractivity contribution in [1.82, 2.24) is 20.2 Å². The number of aromatic nitrogens is 4. The minimum atomic E-state index is 0.733. The summed E-state index contributed by atoms with van der Waals surface area (Å²) in [6.07, 6.45) is 6.88. The fourth-order valence-electron chi connectivity index (χ4n) is 3.15. The highest BCUT2D eigenvalue weighted by Gasteiger charge is 2.20. The second kappa shape index (κ2) is 5.16. The van der Waals surface area contributed by atoms with Gasteiger partial charge in [0.05, 0.1) is 11.6 Å². The van der Waals surface area contributed by atoms with Crippen molar-refractivity contribution < 1.29 is 0 Å². The molecule has 0 saturated heterocycles. The van der Waals surface area contributed by atoms with E-state index in [0.717, 1.165) is 35.7 Å². The molecule has 0 radical (unpaired) electrons. The molecule has 3 aromatic rings. The van der Waals surface area contributed by atoms with Gasteiger partial charge in [-0.15, -0.1) is 0 Å². The Balaban J connectivity index is 1.38. The SMILES string of the molecule is c1ccc2c(c1)CC(CCNc1ncnc3[nH]ncc13)C2. The molecular weight excluding hydrogens is 262 g/mol. The fourth-order valence-corrected chi connectivity index (χ4v) is 3.15. The zero-order valence-electron chi connectivity index (χ0n) is 11.7. The van der Waals surface area contributed by atoms with E-state index in [-0.39, 0.29) is 0 Å². The lowest BCUT2D eigenvalue weighted by Gasteiger charge is -2.10. The minimum Gasteiger partial charge on any atom is -0.369 e. The van der Waals surface area contributed by atoms with E-state index in [1.807, 2.05) is 0 Å². The van der Waals surface area contributed by atoms with Gasteiger partial charge in [-0.2, -0.15) is 5.10 Å². The van der Waals surface area contributed by atoms with Crippen molar-refractivity contribution >= 4 is 16.9 Å². The predicted molar refractivity (Wildman–Crippen MR) is 82.1 cm³/mol. The van der Waals surface area contributed by atoms with Crippen molar-refractivity contribution in [2.75, 3.05) is 11.9 Å². The van der Waals surface area contributed by atoms with Crippen LogP contribution in [0.1, 0.15) is 17.5 Å². The van der Waals surface area contributed by atoms with Crippen LogP contribution in [-0.2, 0) is 12.8 Å². The summed E-state index contributed by atoms with van der Waals surface area (Å²) >= 11 is 0. The van der Waals surface area contributed by atoms with Crippen molar-refractivity contribution in [3.63, 3.8) is 0 Å². The van der Waals surface area contributed by atoms with Crippen LogP contribution in [-0.4, -0.2) is 26.7 Å². The zero-order valence-corrected chi connectivity index (χ0v) is 11.7. The molecule has 4 rings (SSSR count). The Kier molecular flexibility index (Phi) is 3.03. The molecule has 21 heavy (non-hydrogen) atoms. The van der Waals surface area contributed by atoms with E-state index >= 15 is 0 Å². The van der Waals surface area contributed by atoms with Crippen LogP contribution in [0.4, 0.5) is 5.82 Å². The van der Waals surface area contributed by atoms with Crippen molar-refractivity contribution in [2.45, 2.75) is 19.3 Å². The lowest BCUT2D eigenvalue weighted by atomic mass is 10.0. The average molecular weight is 279 g/mol.